The minimum absolute atomic E-state index is 0.383. The molecule has 0 atom stereocenters. The van der Waals surface area contributed by atoms with Gasteiger partial charge in [-0.05, 0) is 18.2 Å². The lowest BCUT2D eigenvalue weighted by Gasteiger charge is -2.05. The molecule has 0 aliphatic heterocycles. The molecule has 0 saturated carbocycles. The fourth-order valence-corrected chi connectivity index (χ4v) is 1.98. The monoisotopic (exact) mass is 226 g/mol. The zero-order valence-electron chi connectivity index (χ0n) is 7.30. The van der Waals surface area contributed by atoms with Gasteiger partial charge in [-0.2, -0.15) is 0 Å². The van der Waals surface area contributed by atoms with Crippen LogP contribution in [-0.2, 0) is 6.54 Å². The van der Waals surface area contributed by atoms with Crippen molar-refractivity contribution in [3.05, 3.63) is 40.1 Å². The minimum atomic E-state index is 0.383. The van der Waals surface area contributed by atoms with Crippen LogP contribution in [-0.4, -0.2) is 4.98 Å². The van der Waals surface area contributed by atoms with Gasteiger partial charge in [0.15, 0.2) is 0 Å². The maximum Gasteiger partial charge on any atom is 0.0618 e. The molecule has 2 N–H and O–H groups in total. The molecule has 4 heteroatoms. The summed E-state index contributed by atoms with van der Waals surface area (Å²) in [6, 6.07) is 5.40. The number of aromatic nitrogens is 1. The maximum absolute atomic E-state index is 6.04. The van der Waals surface area contributed by atoms with Gasteiger partial charge in [0.05, 0.1) is 5.69 Å². The van der Waals surface area contributed by atoms with Gasteiger partial charge in [0.1, 0.15) is 0 Å². The number of hydrogen-bond acceptors (Lipinski definition) is 2. The number of halogens is 2. The Morgan fingerprint density at radius 2 is 2.00 bits per heavy atom. The number of pyridine rings is 1. The molecule has 1 heterocycles. The first-order valence-corrected chi connectivity index (χ1v) is 4.90. The molecule has 0 unspecified atom stereocenters. The van der Waals surface area contributed by atoms with Crippen LogP contribution in [0.1, 0.15) is 5.69 Å². The number of fused-ring (bicyclic) bond motifs is 1. The van der Waals surface area contributed by atoms with E-state index in [0.29, 0.717) is 16.6 Å². The van der Waals surface area contributed by atoms with E-state index >= 15 is 0 Å². The van der Waals surface area contributed by atoms with Crippen molar-refractivity contribution in [1.29, 1.82) is 0 Å². The normalized spacial score (nSPS) is 10.8. The summed E-state index contributed by atoms with van der Waals surface area (Å²) in [5.41, 5.74) is 6.38. The van der Waals surface area contributed by atoms with E-state index in [1.807, 2.05) is 12.1 Å². The summed E-state index contributed by atoms with van der Waals surface area (Å²) in [5, 5.41) is 3.09. The van der Waals surface area contributed by atoms with Crippen molar-refractivity contribution in [3.63, 3.8) is 0 Å². The molecule has 2 nitrogen and oxygen atoms in total. The lowest BCUT2D eigenvalue weighted by Crippen LogP contribution is -2.00. The molecule has 0 bridgehead atoms. The van der Waals surface area contributed by atoms with Crippen LogP contribution < -0.4 is 5.73 Å². The van der Waals surface area contributed by atoms with Crippen molar-refractivity contribution in [2.45, 2.75) is 6.54 Å². The van der Waals surface area contributed by atoms with Crippen molar-refractivity contribution >= 4 is 34.0 Å². The molecule has 0 saturated heterocycles. The van der Waals surface area contributed by atoms with E-state index in [1.54, 1.807) is 12.3 Å². The molecule has 72 valence electrons. The van der Waals surface area contributed by atoms with E-state index in [-0.39, 0.29) is 0 Å². The van der Waals surface area contributed by atoms with Crippen LogP contribution in [0.5, 0.6) is 0 Å². The van der Waals surface area contributed by atoms with Crippen molar-refractivity contribution in [2.75, 3.05) is 0 Å². The van der Waals surface area contributed by atoms with Crippen LogP contribution in [0.3, 0.4) is 0 Å². The third kappa shape index (κ3) is 1.57. The Kier molecular flexibility index (Phi) is 2.59. The standard InChI is InChI=1S/C10H8Cl2N2/c11-6-3-8-7(9(12)4-6)1-2-14-10(8)5-13/h1-4H,5,13H2. The van der Waals surface area contributed by atoms with Gasteiger partial charge in [0.2, 0.25) is 0 Å². The van der Waals surface area contributed by atoms with E-state index < -0.39 is 0 Å². The Balaban J connectivity index is 2.86. The minimum Gasteiger partial charge on any atom is -0.325 e. The molecular weight excluding hydrogens is 219 g/mol. The third-order valence-electron chi connectivity index (χ3n) is 2.07. The zero-order chi connectivity index (χ0) is 10.1. The average Bonchev–Trinajstić information content (AvgIpc) is 2.17. The second-order valence-electron chi connectivity index (χ2n) is 2.94. The molecule has 0 fully saturated rings. The molecule has 0 aliphatic rings. The summed E-state index contributed by atoms with van der Waals surface area (Å²) in [5.74, 6) is 0. The van der Waals surface area contributed by atoms with Gasteiger partial charge in [0.25, 0.3) is 0 Å². The van der Waals surface area contributed by atoms with Crippen molar-refractivity contribution in [1.82, 2.24) is 4.98 Å². The fourth-order valence-electron chi connectivity index (χ4n) is 1.43. The smallest absolute Gasteiger partial charge is 0.0618 e. The van der Waals surface area contributed by atoms with Gasteiger partial charge in [0, 0.05) is 33.6 Å². The van der Waals surface area contributed by atoms with Gasteiger partial charge in [-0.15, -0.1) is 0 Å². The quantitative estimate of drug-likeness (QED) is 0.813. The summed E-state index contributed by atoms with van der Waals surface area (Å²) in [6.45, 7) is 0.383. The van der Waals surface area contributed by atoms with E-state index in [2.05, 4.69) is 4.98 Å². The lowest BCUT2D eigenvalue weighted by atomic mass is 10.1. The molecule has 0 spiro atoms. The predicted octanol–water partition coefficient (Wildman–Crippen LogP) is 3.00. The average molecular weight is 227 g/mol. The van der Waals surface area contributed by atoms with Crippen LogP contribution >= 0.6 is 23.2 Å². The third-order valence-corrected chi connectivity index (χ3v) is 2.60. The van der Waals surface area contributed by atoms with Crippen molar-refractivity contribution in [3.8, 4) is 0 Å². The molecule has 0 amide bonds. The van der Waals surface area contributed by atoms with Crippen LogP contribution in [0.4, 0.5) is 0 Å². The Hall–Kier alpha value is -0.830. The first-order chi connectivity index (χ1) is 6.72. The van der Waals surface area contributed by atoms with Crippen molar-refractivity contribution in [2.24, 2.45) is 5.73 Å². The second kappa shape index (κ2) is 3.73. The van der Waals surface area contributed by atoms with Crippen molar-refractivity contribution < 1.29 is 0 Å². The summed E-state index contributed by atoms with van der Waals surface area (Å²) in [7, 11) is 0. The molecule has 0 aliphatic carbocycles. The summed E-state index contributed by atoms with van der Waals surface area (Å²) in [4.78, 5) is 4.17. The summed E-state index contributed by atoms with van der Waals surface area (Å²) in [6.07, 6.45) is 1.70. The number of nitrogens with two attached hydrogens (primary N) is 1. The van der Waals surface area contributed by atoms with E-state index in [0.717, 1.165) is 16.5 Å². The van der Waals surface area contributed by atoms with E-state index in [1.165, 1.54) is 0 Å². The molecule has 14 heavy (non-hydrogen) atoms. The molecule has 2 aromatic rings. The lowest BCUT2D eigenvalue weighted by molar-refractivity contribution is 1.01. The first kappa shape index (κ1) is 9.71. The van der Waals surface area contributed by atoms with Crippen LogP contribution in [0.25, 0.3) is 10.8 Å². The second-order valence-corrected chi connectivity index (χ2v) is 3.79. The molecule has 0 radical (unpaired) electrons. The number of rotatable bonds is 1. The predicted molar refractivity (Wildman–Crippen MR) is 59.7 cm³/mol. The highest BCUT2D eigenvalue weighted by Crippen LogP contribution is 2.28. The Labute approximate surface area is 91.6 Å². The summed E-state index contributed by atoms with van der Waals surface area (Å²) >= 11 is 11.9. The van der Waals surface area contributed by atoms with Gasteiger partial charge in [-0.25, -0.2) is 0 Å². The van der Waals surface area contributed by atoms with Crippen LogP contribution in [0.2, 0.25) is 10.0 Å². The van der Waals surface area contributed by atoms with Gasteiger partial charge < -0.3 is 5.73 Å². The SMILES string of the molecule is NCc1nccc2c(Cl)cc(Cl)cc12. The highest BCUT2D eigenvalue weighted by molar-refractivity contribution is 6.38. The van der Waals surface area contributed by atoms with Gasteiger partial charge in [-0.3, -0.25) is 4.98 Å². The molecule has 2 rings (SSSR count). The highest BCUT2D eigenvalue weighted by atomic mass is 35.5. The van der Waals surface area contributed by atoms with Crippen LogP contribution in [0, 0.1) is 0 Å². The topological polar surface area (TPSA) is 38.9 Å². The number of benzene rings is 1. The van der Waals surface area contributed by atoms with E-state index in [4.69, 9.17) is 28.9 Å². The van der Waals surface area contributed by atoms with Crippen LogP contribution in [0.15, 0.2) is 24.4 Å². The zero-order valence-corrected chi connectivity index (χ0v) is 8.81. The largest absolute Gasteiger partial charge is 0.325 e. The van der Waals surface area contributed by atoms with Gasteiger partial charge in [-0.1, -0.05) is 23.2 Å². The number of hydrogen-bond donors (Lipinski definition) is 1. The molecular formula is C10H8Cl2N2. The maximum atomic E-state index is 6.04. The Morgan fingerprint density at radius 1 is 1.21 bits per heavy atom. The first-order valence-electron chi connectivity index (χ1n) is 4.15. The van der Waals surface area contributed by atoms with Gasteiger partial charge >= 0.3 is 0 Å². The Bertz CT molecular complexity index is 483. The molecule has 1 aromatic heterocycles. The highest BCUT2D eigenvalue weighted by Gasteiger charge is 2.05. The fraction of sp³-hybridized carbons (Fsp3) is 0.100. The van der Waals surface area contributed by atoms with E-state index in [9.17, 15) is 0 Å². The number of nitrogens with zero attached hydrogens (tertiary/aromatic N) is 1. The summed E-state index contributed by atoms with van der Waals surface area (Å²) < 4.78 is 0. The Morgan fingerprint density at radius 3 is 2.71 bits per heavy atom. The molecule has 1 aromatic carbocycles.